The molecule has 0 saturated heterocycles. The SMILES string of the molecule is C=C(C)COc1cccc(C(=O)NCc2ccc(F)cc2)c1. The van der Waals surface area contributed by atoms with Gasteiger partial charge in [0.15, 0.2) is 0 Å². The van der Waals surface area contributed by atoms with Crippen LogP contribution < -0.4 is 10.1 Å². The van der Waals surface area contributed by atoms with Gasteiger partial charge in [-0.2, -0.15) is 0 Å². The minimum atomic E-state index is -0.294. The van der Waals surface area contributed by atoms with Crippen LogP contribution in [0, 0.1) is 5.82 Å². The molecule has 114 valence electrons. The molecule has 0 saturated carbocycles. The molecule has 2 rings (SSSR count). The summed E-state index contributed by atoms with van der Waals surface area (Å²) in [6, 6.07) is 13.0. The Morgan fingerprint density at radius 3 is 2.64 bits per heavy atom. The summed E-state index contributed by atoms with van der Waals surface area (Å²) in [5.41, 5.74) is 2.26. The molecule has 0 heterocycles. The second-order valence-electron chi connectivity index (χ2n) is 5.08. The Balaban J connectivity index is 1.95. The number of rotatable bonds is 6. The molecule has 0 aliphatic rings. The van der Waals surface area contributed by atoms with Crippen molar-refractivity contribution >= 4 is 5.91 Å². The van der Waals surface area contributed by atoms with Crippen LogP contribution in [0.25, 0.3) is 0 Å². The van der Waals surface area contributed by atoms with Gasteiger partial charge in [0.25, 0.3) is 5.91 Å². The molecule has 0 bridgehead atoms. The third-order valence-electron chi connectivity index (χ3n) is 2.95. The maximum absolute atomic E-state index is 12.8. The molecule has 0 spiro atoms. The van der Waals surface area contributed by atoms with Crippen LogP contribution in [0.15, 0.2) is 60.7 Å². The number of hydrogen-bond acceptors (Lipinski definition) is 2. The van der Waals surface area contributed by atoms with Gasteiger partial charge >= 0.3 is 0 Å². The molecule has 0 atom stereocenters. The maximum Gasteiger partial charge on any atom is 0.251 e. The number of nitrogens with one attached hydrogen (secondary N) is 1. The Hall–Kier alpha value is -2.62. The molecule has 2 aromatic rings. The highest BCUT2D eigenvalue weighted by Crippen LogP contribution is 2.14. The summed E-state index contributed by atoms with van der Waals surface area (Å²) in [7, 11) is 0. The van der Waals surface area contributed by atoms with E-state index in [-0.39, 0.29) is 11.7 Å². The Labute approximate surface area is 129 Å². The lowest BCUT2D eigenvalue weighted by Gasteiger charge is -2.09. The fourth-order valence-electron chi connectivity index (χ4n) is 1.82. The molecular weight excluding hydrogens is 281 g/mol. The number of hydrogen-bond donors (Lipinski definition) is 1. The molecule has 22 heavy (non-hydrogen) atoms. The number of benzene rings is 2. The molecule has 4 heteroatoms. The van der Waals surface area contributed by atoms with E-state index in [4.69, 9.17) is 4.74 Å². The van der Waals surface area contributed by atoms with Crippen LogP contribution in [0.4, 0.5) is 4.39 Å². The third-order valence-corrected chi connectivity index (χ3v) is 2.95. The standard InChI is InChI=1S/C18H18FNO2/c1-13(2)12-22-17-5-3-4-15(10-17)18(21)20-11-14-6-8-16(19)9-7-14/h3-10H,1,11-12H2,2H3,(H,20,21). The number of carbonyl (C=O) groups is 1. The van der Waals surface area contributed by atoms with Crippen molar-refractivity contribution in [1.82, 2.24) is 5.32 Å². The highest BCUT2D eigenvalue weighted by atomic mass is 19.1. The fourth-order valence-corrected chi connectivity index (χ4v) is 1.82. The first kappa shape index (κ1) is 15.8. The van der Waals surface area contributed by atoms with E-state index in [1.807, 2.05) is 6.92 Å². The second-order valence-corrected chi connectivity index (χ2v) is 5.08. The van der Waals surface area contributed by atoms with E-state index >= 15 is 0 Å². The van der Waals surface area contributed by atoms with Gasteiger partial charge in [-0.05, 0) is 48.4 Å². The second kappa shape index (κ2) is 7.41. The fraction of sp³-hybridized carbons (Fsp3) is 0.167. The molecule has 0 aliphatic heterocycles. The Morgan fingerprint density at radius 1 is 1.23 bits per heavy atom. The van der Waals surface area contributed by atoms with E-state index in [1.54, 1.807) is 36.4 Å². The van der Waals surface area contributed by atoms with Gasteiger partial charge in [0.2, 0.25) is 0 Å². The van der Waals surface area contributed by atoms with Crippen molar-refractivity contribution in [3.8, 4) is 5.75 Å². The van der Waals surface area contributed by atoms with Crippen LogP contribution in [0.5, 0.6) is 5.75 Å². The lowest BCUT2D eigenvalue weighted by molar-refractivity contribution is 0.0950. The van der Waals surface area contributed by atoms with Crippen molar-refractivity contribution in [2.75, 3.05) is 6.61 Å². The summed E-state index contributed by atoms with van der Waals surface area (Å²) in [6.07, 6.45) is 0. The molecule has 2 aromatic carbocycles. The molecule has 0 aromatic heterocycles. The first-order chi connectivity index (χ1) is 10.5. The zero-order valence-electron chi connectivity index (χ0n) is 12.4. The van der Waals surface area contributed by atoms with Gasteiger partial charge in [0.05, 0.1) is 0 Å². The molecule has 0 fully saturated rings. The van der Waals surface area contributed by atoms with Gasteiger partial charge < -0.3 is 10.1 Å². The number of amides is 1. The normalized spacial score (nSPS) is 10.1. The van der Waals surface area contributed by atoms with Crippen LogP contribution in [-0.2, 0) is 6.54 Å². The third kappa shape index (κ3) is 4.74. The van der Waals surface area contributed by atoms with E-state index in [9.17, 15) is 9.18 Å². The van der Waals surface area contributed by atoms with Gasteiger partial charge in [0.1, 0.15) is 18.2 Å². The quantitative estimate of drug-likeness (QED) is 0.826. The Kier molecular flexibility index (Phi) is 5.31. The molecule has 1 N–H and O–H groups in total. The van der Waals surface area contributed by atoms with Crippen molar-refractivity contribution in [2.45, 2.75) is 13.5 Å². The maximum atomic E-state index is 12.8. The molecule has 1 amide bonds. The summed E-state index contributed by atoms with van der Waals surface area (Å²) < 4.78 is 18.3. The molecule has 3 nitrogen and oxygen atoms in total. The predicted molar refractivity (Wildman–Crippen MR) is 84.3 cm³/mol. The predicted octanol–water partition coefficient (Wildman–Crippen LogP) is 3.71. The topological polar surface area (TPSA) is 38.3 Å². The average molecular weight is 299 g/mol. The molecule has 0 radical (unpaired) electrons. The minimum Gasteiger partial charge on any atom is -0.489 e. The molecular formula is C18H18FNO2. The van der Waals surface area contributed by atoms with E-state index in [0.717, 1.165) is 11.1 Å². The van der Waals surface area contributed by atoms with Gasteiger partial charge in [0, 0.05) is 12.1 Å². The van der Waals surface area contributed by atoms with Crippen LogP contribution in [0.2, 0.25) is 0 Å². The van der Waals surface area contributed by atoms with Crippen molar-refractivity contribution in [3.63, 3.8) is 0 Å². The van der Waals surface area contributed by atoms with Gasteiger partial charge in [-0.15, -0.1) is 0 Å². The van der Waals surface area contributed by atoms with Crippen LogP contribution in [-0.4, -0.2) is 12.5 Å². The minimum absolute atomic E-state index is 0.204. The van der Waals surface area contributed by atoms with Gasteiger partial charge in [-0.1, -0.05) is 24.8 Å². The first-order valence-corrected chi connectivity index (χ1v) is 6.94. The Bertz CT molecular complexity index is 665. The highest BCUT2D eigenvalue weighted by molar-refractivity contribution is 5.94. The van der Waals surface area contributed by atoms with E-state index in [2.05, 4.69) is 11.9 Å². The van der Waals surface area contributed by atoms with E-state index < -0.39 is 0 Å². The van der Waals surface area contributed by atoms with Gasteiger partial charge in [-0.3, -0.25) is 4.79 Å². The molecule has 0 unspecified atom stereocenters. The summed E-state index contributed by atoms with van der Waals surface area (Å²) in [5, 5.41) is 2.79. The van der Waals surface area contributed by atoms with Crippen LogP contribution >= 0.6 is 0 Å². The average Bonchev–Trinajstić information content (AvgIpc) is 2.52. The highest BCUT2D eigenvalue weighted by Gasteiger charge is 2.06. The summed E-state index contributed by atoms with van der Waals surface area (Å²) >= 11 is 0. The van der Waals surface area contributed by atoms with Crippen molar-refractivity contribution in [1.29, 1.82) is 0 Å². The zero-order chi connectivity index (χ0) is 15.9. The van der Waals surface area contributed by atoms with Crippen molar-refractivity contribution in [2.24, 2.45) is 0 Å². The first-order valence-electron chi connectivity index (χ1n) is 6.94. The van der Waals surface area contributed by atoms with Crippen molar-refractivity contribution in [3.05, 3.63) is 77.6 Å². The largest absolute Gasteiger partial charge is 0.489 e. The zero-order valence-corrected chi connectivity index (χ0v) is 12.4. The van der Waals surface area contributed by atoms with E-state index in [1.165, 1.54) is 12.1 Å². The summed E-state index contributed by atoms with van der Waals surface area (Å²) in [5.74, 6) is 0.125. The number of halogens is 1. The van der Waals surface area contributed by atoms with Crippen LogP contribution in [0.1, 0.15) is 22.8 Å². The lowest BCUT2D eigenvalue weighted by atomic mass is 10.2. The number of ether oxygens (including phenoxy) is 1. The van der Waals surface area contributed by atoms with Crippen LogP contribution in [0.3, 0.4) is 0 Å². The number of carbonyl (C=O) groups excluding carboxylic acids is 1. The lowest BCUT2D eigenvalue weighted by Crippen LogP contribution is -2.22. The monoisotopic (exact) mass is 299 g/mol. The summed E-state index contributed by atoms with van der Waals surface area (Å²) in [4.78, 5) is 12.1. The summed E-state index contributed by atoms with van der Waals surface area (Å²) in [6.45, 7) is 6.40. The Morgan fingerprint density at radius 2 is 1.95 bits per heavy atom. The van der Waals surface area contributed by atoms with Gasteiger partial charge in [-0.25, -0.2) is 4.39 Å². The van der Waals surface area contributed by atoms with Crippen molar-refractivity contribution < 1.29 is 13.9 Å². The molecule has 0 aliphatic carbocycles. The van der Waals surface area contributed by atoms with E-state index in [0.29, 0.717) is 24.5 Å². The smallest absolute Gasteiger partial charge is 0.251 e.